The molecule has 6 nitrogen and oxygen atoms in total. The maximum atomic E-state index is 13.2. The Labute approximate surface area is 202 Å². The van der Waals surface area contributed by atoms with Gasteiger partial charge in [-0.1, -0.05) is 23.7 Å². The molecule has 3 aromatic rings. The third kappa shape index (κ3) is 5.67. The van der Waals surface area contributed by atoms with E-state index in [1.165, 1.54) is 10.5 Å². The number of anilines is 1. The Kier molecular flexibility index (Phi) is 7.52. The number of rotatable bonds is 8. The highest BCUT2D eigenvalue weighted by molar-refractivity contribution is 7.98. The van der Waals surface area contributed by atoms with Crippen molar-refractivity contribution in [3.63, 3.8) is 0 Å². The zero-order valence-corrected chi connectivity index (χ0v) is 19.8. The van der Waals surface area contributed by atoms with Gasteiger partial charge in [-0.2, -0.15) is 0 Å². The molecule has 33 heavy (non-hydrogen) atoms. The molecule has 2 amide bonds. The van der Waals surface area contributed by atoms with E-state index in [1.807, 2.05) is 6.26 Å². The van der Waals surface area contributed by atoms with Crippen molar-refractivity contribution in [2.24, 2.45) is 0 Å². The van der Waals surface area contributed by atoms with Crippen molar-refractivity contribution >= 4 is 40.9 Å². The van der Waals surface area contributed by atoms with Crippen LogP contribution < -0.4 is 15.0 Å². The molecule has 0 unspecified atom stereocenters. The van der Waals surface area contributed by atoms with Gasteiger partial charge in [-0.15, -0.1) is 11.8 Å². The molecule has 0 radical (unpaired) electrons. The Morgan fingerprint density at radius 2 is 2.00 bits per heavy atom. The van der Waals surface area contributed by atoms with Gasteiger partial charge in [0.25, 0.3) is 5.91 Å². The first-order chi connectivity index (χ1) is 16.0. The quantitative estimate of drug-likeness (QED) is 0.439. The summed E-state index contributed by atoms with van der Waals surface area (Å²) < 4.78 is 5.88. The van der Waals surface area contributed by atoms with Gasteiger partial charge >= 0.3 is 0 Å². The standard InChI is InChI=1S/C25H24ClN3O3S/c1-33-19-9-6-17(7-10-19)12-14-27-23(30)5-3-15-29-21-16-18(26)8-11-22(21)32-24-20(25(29)31)4-2-13-28-24/h2,4,6-11,13,16H,3,5,12,14-15H2,1H3,(H,27,30). The fraction of sp³-hybridized carbons (Fsp3) is 0.240. The van der Waals surface area contributed by atoms with E-state index in [2.05, 4.69) is 34.6 Å². The number of amides is 2. The minimum Gasteiger partial charge on any atom is -0.436 e. The fourth-order valence-electron chi connectivity index (χ4n) is 3.63. The van der Waals surface area contributed by atoms with E-state index in [-0.39, 0.29) is 17.7 Å². The summed E-state index contributed by atoms with van der Waals surface area (Å²) in [6, 6.07) is 16.8. The van der Waals surface area contributed by atoms with Gasteiger partial charge in [0.2, 0.25) is 11.8 Å². The first-order valence-electron chi connectivity index (χ1n) is 10.7. The SMILES string of the molecule is CSc1ccc(CCNC(=O)CCCN2C(=O)c3cccnc3Oc3ccc(Cl)cc32)cc1. The molecule has 0 fully saturated rings. The largest absolute Gasteiger partial charge is 0.436 e. The molecule has 2 heterocycles. The summed E-state index contributed by atoms with van der Waals surface area (Å²) in [5.74, 6) is 0.495. The monoisotopic (exact) mass is 481 g/mol. The Balaban J connectivity index is 1.35. The van der Waals surface area contributed by atoms with E-state index in [1.54, 1.807) is 53.2 Å². The summed E-state index contributed by atoms with van der Waals surface area (Å²) in [6.45, 7) is 0.929. The van der Waals surface area contributed by atoms with Crippen molar-refractivity contribution in [1.29, 1.82) is 0 Å². The number of benzene rings is 2. The number of aromatic nitrogens is 1. The third-order valence-electron chi connectivity index (χ3n) is 5.35. The molecule has 1 N–H and O–H groups in total. The second-order valence-electron chi connectivity index (χ2n) is 7.58. The Morgan fingerprint density at radius 3 is 2.79 bits per heavy atom. The number of hydrogen-bond donors (Lipinski definition) is 1. The van der Waals surface area contributed by atoms with Crippen LogP contribution in [-0.2, 0) is 11.2 Å². The summed E-state index contributed by atoms with van der Waals surface area (Å²) in [6.07, 6.45) is 5.22. The summed E-state index contributed by atoms with van der Waals surface area (Å²) in [5, 5.41) is 3.46. The van der Waals surface area contributed by atoms with Crippen LogP contribution in [0.2, 0.25) is 5.02 Å². The number of pyridine rings is 1. The van der Waals surface area contributed by atoms with E-state index >= 15 is 0 Å². The molecule has 170 valence electrons. The molecular weight excluding hydrogens is 458 g/mol. The molecule has 0 saturated heterocycles. The van der Waals surface area contributed by atoms with E-state index < -0.39 is 0 Å². The highest BCUT2D eigenvalue weighted by Gasteiger charge is 2.29. The third-order valence-corrected chi connectivity index (χ3v) is 6.32. The highest BCUT2D eigenvalue weighted by Crippen LogP contribution is 2.39. The number of carbonyl (C=O) groups is 2. The highest BCUT2D eigenvalue weighted by atomic mass is 35.5. The summed E-state index contributed by atoms with van der Waals surface area (Å²) in [5.41, 5.74) is 2.13. The van der Waals surface area contributed by atoms with Crippen molar-refractivity contribution in [1.82, 2.24) is 10.3 Å². The Morgan fingerprint density at radius 1 is 1.18 bits per heavy atom. The number of carbonyl (C=O) groups excluding carboxylic acids is 2. The first-order valence-corrected chi connectivity index (χ1v) is 12.3. The lowest BCUT2D eigenvalue weighted by molar-refractivity contribution is -0.121. The van der Waals surface area contributed by atoms with Crippen LogP contribution in [0.15, 0.2) is 65.7 Å². The van der Waals surface area contributed by atoms with Crippen molar-refractivity contribution in [3.8, 4) is 11.6 Å². The molecule has 0 atom stereocenters. The van der Waals surface area contributed by atoms with Crippen molar-refractivity contribution < 1.29 is 14.3 Å². The molecule has 0 saturated carbocycles. The molecule has 0 spiro atoms. The van der Waals surface area contributed by atoms with Crippen LogP contribution in [0, 0.1) is 0 Å². The predicted molar refractivity (Wildman–Crippen MR) is 132 cm³/mol. The minimum absolute atomic E-state index is 0.0392. The molecule has 1 aromatic heterocycles. The van der Waals surface area contributed by atoms with E-state index in [0.29, 0.717) is 48.0 Å². The zero-order chi connectivity index (χ0) is 23.2. The maximum Gasteiger partial charge on any atom is 0.263 e. The van der Waals surface area contributed by atoms with Crippen molar-refractivity contribution in [2.75, 3.05) is 24.2 Å². The predicted octanol–water partition coefficient (Wildman–Crippen LogP) is 5.35. The zero-order valence-electron chi connectivity index (χ0n) is 18.2. The van der Waals surface area contributed by atoms with Crippen molar-refractivity contribution in [3.05, 3.63) is 76.9 Å². The van der Waals surface area contributed by atoms with Gasteiger partial charge in [-0.3, -0.25) is 9.59 Å². The molecule has 4 rings (SSSR count). The molecule has 1 aliphatic heterocycles. The van der Waals surface area contributed by atoms with Gasteiger partial charge in [0.1, 0.15) is 5.56 Å². The van der Waals surface area contributed by atoms with E-state index in [4.69, 9.17) is 16.3 Å². The molecule has 0 aliphatic carbocycles. The number of nitrogens with zero attached hydrogens (tertiary/aromatic N) is 2. The van der Waals surface area contributed by atoms with Crippen LogP contribution in [0.5, 0.6) is 11.6 Å². The van der Waals surface area contributed by atoms with Gasteiger partial charge in [-0.05, 0) is 67.1 Å². The van der Waals surface area contributed by atoms with Crippen LogP contribution in [0.3, 0.4) is 0 Å². The van der Waals surface area contributed by atoms with Gasteiger partial charge in [-0.25, -0.2) is 4.98 Å². The lowest BCUT2D eigenvalue weighted by Gasteiger charge is -2.22. The van der Waals surface area contributed by atoms with E-state index in [9.17, 15) is 9.59 Å². The summed E-state index contributed by atoms with van der Waals surface area (Å²) in [7, 11) is 0. The van der Waals surface area contributed by atoms with Gasteiger partial charge in [0.15, 0.2) is 5.75 Å². The average Bonchev–Trinajstić information content (AvgIpc) is 2.94. The Hall–Kier alpha value is -3.03. The molecule has 1 aliphatic rings. The molecular formula is C25H24ClN3O3S. The first kappa shape index (κ1) is 23.1. The van der Waals surface area contributed by atoms with Crippen LogP contribution >= 0.6 is 23.4 Å². The van der Waals surface area contributed by atoms with Gasteiger partial charge in [0, 0.05) is 35.6 Å². The average molecular weight is 482 g/mol. The number of hydrogen-bond acceptors (Lipinski definition) is 5. The van der Waals surface area contributed by atoms with Crippen LogP contribution in [0.4, 0.5) is 5.69 Å². The van der Waals surface area contributed by atoms with E-state index in [0.717, 1.165) is 6.42 Å². The second kappa shape index (κ2) is 10.7. The lowest BCUT2D eigenvalue weighted by Crippen LogP contribution is -2.32. The van der Waals surface area contributed by atoms with Crippen LogP contribution in [0.25, 0.3) is 0 Å². The normalized spacial score (nSPS) is 12.4. The maximum absolute atomic E-state index is 13.2. The molecule has 8 heteroatoms. The van der Waals surface area contributed by atoms with Gasteiger partial charge in [0.05, 0.1) is 5.69 Å². The molecule has 2 aromatic carbocycles. The Bertz CT molecular complexity index is 1150. The number of ether oxygens (including phenoxy) is 1. The second-order valence-corrected chi connectivity index (χ2v) is 8.89. The number of fused-ring (bicyclic) bond motifs is 2. The topological polar surface area (TPSA) is 71.5 Å². The minimum atomic E-state index is -0.229. The fourth-order valence-corrected chi connectivity index (χ4v) is 4.20. The van der Waals surface area contributed by atoms with Gasteiger partial charge < -0.3 is 15.0 Å². The lowest BCUT2D eigenvalue weighted by atomic mass is 10.1. The van der Waals surface area contributed by atoms with Crippen LogP contribution in [0.1, 0.15) is 28.8 Å². The summed E-state index contributed by atoms with van der Waals surface area (Å²) >= 11 is 7.89. The smallest absolute Gasteiger partial charge is 0.263 e. The van der Waals surface area contributed by atoms with Crippen LogP contribution in [-0.4, -0.2) is 36.1 Å². The number of nitrogens with one attached hydrogen (secondary N) is 1. The number of halogens is 1. The van der Waals surface area contributed by atoms with Crippen molar-refractivity contribution in [2.45, 2.75) is 24.2 Å². The summed E-state index contributed by atoms with van der Waals surface area (Å²) in [4.78, 5) is 32.6. The molecule has 0 bridgehead atoms. The number of thioether (sulfide) groups is 1.